The van der Waals surface area contributed by atoms with E-state index in [9.17, 15) is 0 Å². The van der Waals surface area contributed by atoms with Crippen LogP contribution in [0.25, 0.3) is 16.9 Å². The van der Waals surface area contributed by atoms with Gasteiger partial charge in [0, 0.05) is 11.2 Å². The lowest BCUT2D eigenvalue weighted by molar-refractivity contribution is 0.833. The van der Waals surface area contributed by atoms with Crippen LogP contribution in [-0.4, -0.2) is 22.3 Å². The van der Waals surface area contributed by atoms with E-state index in [0.29, 0.717) is 0 Å². The molecule has 2 heterocycles. The van der Waals surface area contributed by atoms with Gasteiger partial charge < -0.3 is 0 Å². The van der Waals surface area contributed by atoms with Crippen LogP contribution in [0, 0.1) is 0 Å². The normalized spacial score (nSPS) is 13.6. The molecule has 1 aromatic heterocycles. The van der Waals surface area contributed by atoms with Gasteiger partial charge in [0.1, 0.15) is 5.69 Å². The highest BCUT2D eigenvalue weighted by Crippen LogP contribution is 2.17. The molecule has 0 aliphatic carbocycles. The van der Waals surface area contributed by atoms with Gasteiger partial charge in [-0.1, -0.05) is 47.7 Å². The van der Waals surface area contributed by atoms with Crippen LogP contribution in [0.3, 0.4) is 0 Å². The number of benzene rings is 1. The standard InChI is InChI=1S/C12H10BN3/c1-2-5-10(6-3-1)11-9-16(15-14-11)12-7-4-8-13-12/h1-9,13H. The fourth-order valence-electron chi connectivity index (χ4n) is 1.75. The number of hydrogen-bond donors (Lipinski definition) is 0. The third kappa shape index (κ3) is 1.58. The maximum atomic E-state index is 4.18. The molecule has 3 rings (SSSR count). The SMILES string of the molecule is B1C=CC=C1n1cc(-c2ccccc2)nn1. The van der Waals surface area contributed by atoms with Crippen molar-refractivity contribution in [3.8, 4) is 11.3 Å². The monoisotopic (exact) mass is 207 g/mol. The highest BCUT2D eigenvalue weighted by atomic mass is 15.4. The van der Waals surface area contributed by atoms with Crippen LogP contribution < -0.4 is 0 Å². The lowest BCUT2D eigenvalue weighted by Gasteiger charge is -1.97. The smallest absolute Gasteiger partial charge is 0.207 e. The Labute approximate surface area is 94.3 Å². The molecule has 4 heteroatoms. The van der Waals surface area contributed by atoms with E-state index in [4.69, 9.17) is 0 Å². The van der Waals surface area contributed by atoms with Gasteiger partial charge in [0.2, 0.25) is 7.28 Å². The molecule has 1 aliphatic heterocycles. The van der Waals surface area contributed by atoms with E-state index in [1.807, 2.05) is 47.3 Å². The minimum atomic E-state index is 0.911. The number of aromatic nitrogens is 3. The molecule has 0 bridgehead atoms. The second-order valence-electron chi connectivity index (χ2n) is 3.70. The molecular weight excluding hydrogens is 197 g/mol. The molecule has 0 spiro atoms. The molecule has 0 atom stereocenters. The molecule has 1 aromatic carbocycles. The van der Waals surface area contributed by atoms with E-state index >= 15 is 0 Å². The Bertz CT molecular complexity index is 555. The second kappa shape index (κ2) is 3.81. The fourth-order valence-corrected chi connectivity index (χ4v) is 1.75. The molecule has 0 saturated heterocycles. The van der Waals surface area contributed by atoms with Gasteiger partial charge in [-0.3, -0.25) is 0 Å². The average molecular weight is 207 g/mol. The van der Waals surface area contributed by atoms with Crippen LogP contribution in [0.15, 0.2) is 54.7 Å². The summed E-state index contributed by atoms with van der Waals surface area (Å²) in [7, 11) is 0.928. The van der Waals surface area contributed by atoms with Crippen molar-refractivity contribution in [2.75, 3.05) is 0 Å². The Morgan fingerprint density at radius 3 is 2.75 bits per heavy atom. The van der Waals surface area contributed by atoms with Crippen molar-refractivity contribution < 1.29 is 0 Å². The molecule has 0 N–H and O–H groups in total. The lowest BCUT2D eigenvalue weighted by atomic mass is 9.78. The summed E-state index contributed by atoms with van der Waals surface area (Å²) < 4.78 is 1.84. The zero-order valence-electron chi connectivity index (χ0n) is 8.74. The quantitative estimate of drug-likeness (QED) is 0.701. The first kappa shape index (κ1) is 9.15. The highest BCUT2D eigenvalue weighted by molar-refractivity contribution is 6.64. The Hall–Kier alpha value is -2.10. The molecule has 0 radical (unpaired) electrons. The van der Waals surface area contributed by atoms with Gasteiger partial charge in [-0.2, -0.15) is 0 Å². The van der Waals surface area contributed by atoms with E-state index in [-0.39, 0.29) is 0 Å². The number of nitrogens with zero attached hydrogens (tertiary/aromatic N) is 3. The van der Waals surface area contributed by atoms with Crippen molar-refractivity contribution in [2.45, 2.75) is 0 Å². The topological polar surface area (TPSA) is 30.7 Å². The van der Waals surface area contributed by atoms with Crippen molar-refractivity contribution in [1.29, 1.82) is 0 Å². The van der Waals surface area contributed by atoms with Crippen LogP contribution in [0.2, 0.25) is 0 Å². The van der Waals surface area contributed by atoms with Gasteiger partial charge in [-0.05, 0) is 0 Å². The number of rotatable bonds is 2. The molecule has 0 saturated carbocycles. The Morgan fingerprint density at radius 1 is 1.12 bits per heavy atom. The molecular formula is C12H10BN3. The van der Waals surface area contributed by atoms with E-state index in [2.05, 4.69) is 22.4 Å². The minimum absolute atomic E-state index is 0.911. The first-order chi connectivity index (χ1) is 7.93. The summed E-state index contributed by atoms with van der Waals surface area (Å²) in [6.45, 7) is 0. The van der Waals surface area contributed by atoms with Crippen LogP contribution in [0.4, 0.5) is 0 Å². The predicted octanol–water partition coefficient (Wildman–Crippen LogP) is 1.71. The third-order valence-electron chi connectivity index (χ3n) is 2.61. The van der Waals surface area contributed by atoms with Gasteiger partial charge in [-0.25, -0.2) is 4.68 Å². The van der Waals surface area contributed by atoms with Gasteiger partial charge in [0.05, 0.1) is 6.20 Å². The van der Waals surface area contributed by atoms with E-state index < -0.39 is 0 Å². The molecule has 76 valence electrons. The molecule has 0 amide bonds. The van der Waals surface area contributed by atoms with Crippen LogP contribution in [0.5, 0.6) is 0 Å². The van der Waals surface area contributed by atoms with Gasteiger partial charge in [0.15, 0.2) is 0 Å². The lowest BCUT2D eigenvalue weighted by Crippen LogP contribution is -2.00. The second-order valence-corrected chi connectivity index (χ2v) is 3.70. The van der Waals surface area contributed by atoms with Crippen molar-refractivity contribution >= 4 is 12.9 Å². The van der Waals surface area contributed by atoms with E-state index in [0.717, 1.165) is 24.1 Å². The van der Waals surface area contributed by atoms with Gasteiger partial charge >= 0.3 is 0 Å². The van der Waals surface area contributed by atoms with Crippen LogP contribution >= 0.6 is 0 Å². The average Bonchev–Trinajstić information content (AvgIpc) is 3.01. The van der Waals surface area contributed by atoms with Crippen LogP contribution in [0.1, 0.15) is 0 Å². The van der Waals surface area contributed by atoms with Crippen molar-refractivity contribution in [3.63, 3.8) is 0 Å². The Morgan fingerprint density at radius 2 is 2.00 bits per heavy atom. The third-order valence-corrected chi connectivity index (χ3v) is 2.61. The van der Waals surface area contributed by atoms with E-state index in [1.54, 1.807) is 0 Å². The van der Waals surface area contributed by atoms with Crippen molar-refractivity contribution in [1.82, 2.24) is 15.0 Å². The molecule has 1 aliphatic rings. The molecule has 0 unspecified atom stereocenters. The first-order valence-corrected chi connectivity index (χ1v) is 5.27. The highest BCUT2D eigenvalue weighted by Gasteiger charge is 2.08. The zero-order chi connectivity index (χ0) is 10.8. The predicted molar refractivity (Wildman–Crippen MR) is 66.0 cm³/mol. The summed E-state index contributed by atoms with van der Waals surface area (Å²) in [5, 5.41) is 8.31. The maximum absolute atomic E-state index is 4.18. The summed E-state index contributed by atoms with van der Waals surface area (Å²) in [6.07, 6.45) is 6.07. The van der Waals surface area contributed by atoms with E-state index in [1.165, 1.54) is 0 Å². The maximum Gasteiger partial charge on any atom is 0.207 e. The summed E-state index contributed by atoms with van der Waals surface area (Å²) in [6, 6.07) is 10.1. The Balaban J connectivity index is 1.94. The first-order valence-electron chi connectivity index (χ1n) is 5.27. The minimum Gasteiger partial charge on any atom is -0.233 e. The molecule has 16 heavy (non-hydrogen) atoms. The molecule has 2 aromatic rings. The number of hydrogen-bond acceptors (Lipinski definition) is 2. The fraction of sp³-hybridized carbons (Fsp3) is 0. The summed E-state index contributed by atoms with van der Waals surface area (Å²) in [4.78, 5) is 0. The molecule has 0 fully saturated rings. The van der Waals surface area contributed by atoms with Gasteiger partial charge in [0.25, 0.3) is 0 Å². The van der Waals surface area contributed by atoms with Crippen molar-refractivity contribution in [3.05, 3.63) is 54.7 Å². The summed E-state index contributed by atoms with van der Waals surface area (Å²) in [5.74, 6) is 2.11. The summed E-state index contributed by atoms with van der Waals surface area (Å²) in [5.41, 5.74) is 3.17. The summed E-state index contributed by atoms with van der Waals surface area (Å²) >= 11 is 0. The Kier molecular flexibility index (Phi) is 2.18. The van der Waals surface area contributed by atoms with Crippen molar-refractivity contribution in [2.24, 2.45) is 0 Å². The van der Waals surface area contributed by atoms with Crippen LogP contribution in [-0.2, 0) is 0 Å². The largest absolute Gasteiger partial charge is 0.233 e. The van der Waals surface area contributed by atoms with Gasteiger partial charge in [-0.15, -0.1) is 11.1 Å². The zero-order valence-corrected chi connectivity index (χ0v) is 8.74. The molecule has 3 nitrogen and oxygen atoms in total. The number of allylic oxidation sites excluding steroid dienone is 2.